The summed E-state index contributed by atoms with van der Waals surface area (Å²) >= 11 is 0. The third-order valence-electron chi connectivity index (χ3n) is 3.68. The number of hydrogen-bond acceptors (Lipinski definition) is 6. The van der Waals surface area contributed by atoms with E-state index in [0.717, 1.165) is 22.5 Å². The molecular formula is C13H16N2O7S. The van der Waals surface area contributed by atoms with Crippen molar-refractivity contribution >= 4 is 21.7 Å². The van der Waals surface area contributed by atoms with Crippen LogP contribution in [0.15, 0.2) is 23.1 Å². The van der Waals surface area contributed by atoms with Crippen LogP contribution in [0.3, 0.4) is 0 Å². The summed E-state index contributed by atoms with van der Waals surface area (Å²) in [7, 11) is -2.94. The number of ether oxygens (including phenoxy) is 1. The molecule has 10 heteroatoms. The molecule has 1 aromatic carbocycles. The fourth-order valence-corrected chi connectivity index (χ4v) is 4.34. The van der Waals surface area contributed by atoms with Crippen molar-refractivity contribution in [1.82, 2.24) is 4.31 Å². The lowest BCUT2D eigenvalue weighted by atomic mass is 10.1. The Morgan fingerprint density at radius 3 is 2.70 bits per heavy atom. The van der Waals surface area contributed by atoms with Crippen LogP contribution in [0.1, 0.15) is 19.3 Å². The molecule has 1 heterocycles. The third-order valence-corrected chi connectivity index (χ3v) is 5.63. The molecule has 1 fully saturated rings. The number of carboxylic acids is 1. The van der Waals surface area contributed by atoms with E-state index in [2.05, 4.69) is 0 Å². The van der Waals surface area contributed by atoms with Crippen LogP contribution in [-0.4, -0.2) is 48.4 Å². The zero-order chi connectivity index (χ0) is 17.2. The Labute approximate surface area is 132 Å². The lowest BCUT2D eigenvalue weighted by Crippen LogP contribution is -2.47. The summed E-state index contributed by atoms with van der Waals surface area (Å²) in [5.41, 5.74) is -0.311. The van der Waals surface area contributed by atoms with Gasteiger partial charge in [-0.05, 0) is 25.3 Å². The fraction of sp³-hybridized carbons (Fsp3) is 0.462. The molecule has 0 aliphatic carbocycles. The van der Waals surface area contributed by atoms with Crippen molar-refractivity contribution in [2.24, 2.45) is 0 Å². The van der Waals surface area contributed by atoms with Crippen LogP contribution in [0.2, 0.25) is 0 Å². The summed E-state index contributed by atoms with van der Waals surface area (Å²) < 4.78 is 31.4. The minimum Gasteiger partial charge on any atom is -0.495 e. The molecule has 1 N–H and O–H groups in total. The van der Waals surface area contributed by atoms with Gasteiger partial charge in [0.15, 0.2) is 0 Å². The lowest BCUT2D eigenvalue weighted by Gasteiger charge is -2.32. The van der Waals surface area contributed by atoms with E-state index in [1.54, 1.807) is 0 Å². The van der Waals surface area contributed by atoms with Crippen LogP contribution in [0.4, 0.5) is 5.69 Å². The molecule has 0 amide bonds. The number of aliphatic carboxylic acids is 1. The summed E-state index contributed by atoms with van der Waals surface area (Å²) in [6.45, 7) is 0.0828. The van der Waals surface area contributed by atoms with Crippen LogP contribution >= 0.6 is 0 Å². The summed E-state index contributed by atoms with van der Waals surface area (Å²) in [4.78, 5) is 21.2. The number of benzene rings is 1. The van der Waals surface area contributed by atoms with E-state index >= 15 is 0 Å². The number of hydrogen-bond donors (Lipinski definition) is 1. The molecule has 0 bridgehead atoms. The van der Waals surface area contributed by atoms with E-state index in [1.807, 2.05) is 0 Å². The first-order valence-electron chi connectivity index (χ1n) is 6.86. The summed E-state index contributed by atoms with van der Waals surface area (Å²) in [6, 6.07) is 1.98. The van der Waals surface area contributed by atoms with Gasteiger partial charge in [0, 0.05) is 12.6 Å². The molecule has 1 aliphatic heterocycles. The second-order valence-corrected chi connectivity index (χ2v) is 6.92. The molecule has 1 unspecified atom stereocenters. The standard InChI is InChI=1S/C13H16N2O7S/c1-22-11-8-9(15(18)19)5-6-12(11)23(20,21)14-7-3-2-4-10(14)13(16)17/h5-6,8,10H,2-4,7H2,1H3,(H,16,17). The molecule has 0 aromatic heterocycles. The van der Waals surface area contributed by atoms with E-state index in [0.29, 0.717) is 12.8 Å². The number of carboxylic acid groups (broad SMARTS) is 1. The summed E-state index contributed by atoms with van der Waals surface area (Å²) in [6.07, 6.45) is 1.41. The van der Waals surface area contributed by atoms with Crippen LogP contribution < -0.4 is 4.74 Å². The molecule has 1 aromatic rings. The van der Waals surface area contributed by atoms with E-state index in [4.69, 9.17) is 4.74 Å². The Morgan fingerprint density at radius 1 is 1.43 bits per heavy atom. The van der Waals surface area contributed by atoms with Crippen LogP contribution in [0.5, 0.6) is 5.75 Å². The highest BCUT2D eigenvalue weighted by atomic mass is 32.2. The molecule has 0 spiro atoms. The van der Waals surface area contributed by atoms with Gasteiger partial charge in [-0.15, -0.1) is 0 Å². The van der Waals surface area contributed by atoms with Gasteiger partial charge in [-0.3, -0.25) is 14.9 Å². The smallest absolute Gasteiger partial charge is 0.322 e. The van der Waals surface area contributed by atoms with Gasteiger partial charge >= 0.3 is 5.97 Å². The van der Waals surface area contributed by atoms with E-state index in [9.17, 15) is 28.4 Å². The predicted octanol–water partition coefficient (Wildman–Crippen LogP) is 1.23. The minimum absolute atomic E-state index is 0.0828. The number of carbonyl (C=O) groups is 1. The Bertz CT molecular complexity index is 732. The minimum atomic E-state index is -4.14. The molecule has 23 heavy (non-hydrogen) atoms. The summed E-state index contributed by atoms with van der Waals surface area (Å²) in [5, 5.41) is 20.0. The van der Waals surface area contributed by atoms with Gasteiger partial charge in [0.25, 0.3) is 5.69 Å². The third kappa shape index (κ3) is 3.27. The van der Waals surface area contributed by atoms with Gasteiger partial charge in [-0.25, -0.2) is 8.42 Å². The zero-order valence-corrected chi connectivity index (χ0v) is 13.2. The van der Waals surface area contributed by atoms with Crippen molar-refractivity contribution in [3.63, 3.8) is 0 Å². The second kappa shape index (κ2) is 6.50. The van der Waals surface area contributed by atoms with Gasteiger partial charge < -0.3 is 9.84 Å². The first-order chi connectivity index (χ1) is 10.8. The molecular weight excluding hydrogens is 328 g/mol. The molecule has 1 atom stereocenters. The van der Waals surface area contributed by atoms with Gasteiger partial charge in [0.1, 0.15) is 16.7 Å². The van der Waals surface area contributed by atoms with Gasteiger partial charge in [-0.2, -0.15) is 4.31 Å². The highest BCUT2D eigenvalue weighted by molar-refractivity contribution is 7.89. The van der Waals surface area contributed by atoms with Crippen molar-refractivity contribution in [3.05, 3.63) is 28.3 Å². The van der Waals surface area contributed by atoms with E-state index in [1.165, 1.54) is 7.11 Å². The van der Waals surface area contributed by atoms with Crippen molar-refractivity contribution < 1.29 is 28.0 Å². The predicted molar refractivity (Wildman–Crippen MR) is 78.8 cm³/mol. The van der Waals surface area contributed by atoms with Gasteiger partial charge in [0.05, 0.1) is 18.1 Å². The van der Waals surface area contributed by atoms with Crippen LogP contribution in [0.25, 0.3) is 0 Å². The van der Waals surface area contributed by atoms with Crippen LogP contribution in [-0.2, 0) is 14.8 Å². The average Bonchev–Trinajstić information content (AvgIpc) is 2.54. The topological polar surface area (TPSA) is 127 Å². The van der Waals surface area contributed by atoms with Crippen molar-refractivity contribution in [1.29, 1.82) is 0 Å². The quantitative estimate of drug-likeness (QED) is 0.628. The van der Waals surface area contributed by atoms with Crippen molar-refractivity contribution in [2.45, 2.75) is 30.2 Å². The number of sulfonamides is 1. The number of non-ortho nitro benzene ring substituents is 1. The number of piperidine rings is 1. The molecule has 0 radical (unpaired) electrons. The van der Waals surface area contributed by atoms with Gasteiger partial charge in [-0.1, -0.05) is 0 Å². The molecule has 1 aliphatic rings. The number of nitro groups is 1. The number of nitrogens with zero attached hydrogens (tertiary/aromatic N) is 2. The van der Waals surface area contributed by atoms with Gasteiger partial charge in [0.2, 0.25) is 10.0 Å². The van der Waals surface area contributed by atoms with Crippen molar-refractivity contribution in [2.75, 3.05) is 13.7 Å². The second-order valence-electron chi connectivity index (χ2n) is 5.06. The molecule has 126 valence electrons. The first kappa shape index (κ1) is 17.2. The molecule has 0 saturated carbocycles. The normalized spacial score (nSPS) is 19.3. The highest BCUT2D eigenvalue weighted by Crippen LogP contribution is 2.33. The maximum Gasteiger partial charge on any atom is 0.322 e. The Hall–Kier alpha value is -2.20. The fourth-order valence-electron chi connectivity index (χ4n) is 2.55. The molecule has 1 saturated heterocycles. The van der Waals surface area contributed by atoms with Crippen molar-refractivity contribution in [3.8, 4) is 5.75 Å². The monoisotopic (exact) mass is 344 g/mol. The molecule has 2 rings (SSSR count). The first-order valence-corrected chi connectivity index (χ1v) is 8.30. The maximum atomic E-state index is 12.8. The summed E-state index contributed by atoms with van der Waals surface area (Å²) in [5.74, 6) is -1.40. The largest absolute Gasteiger partial charge is 0.495 e. The Morgan fingerprint density at radius 2 is 2.13 bits per heavy atom. The van der Waals surface area contributed by atoms with E-state index < -0.39 is 27.0 Å². The van der Waals surface area contributed by atoms with E-state index in [-0.39, 0.29) is 29.3 Å². The number of nitro benzene ring substituents is 1. The Balaban J connectivity index is 2.50. The van der Waals surface area contributed by atoms with Crippen LogP contribution in [0, 0.1) is 10.1 Å². The Kier molecular flexibility index (Phi) is 4.85. The maximum absolute atomic E-state index is 12.8. The zero-order valence-electron chi connectivity index (χ0n) is 12.3. The lowest BCUT2D eigenvalue weighted by molar-refractivity contribution is -0.385. The number of methoxy groups -OCH3 is 1. The number of rotatable bonds is 5. The average molecular weight is 344 g/mol. The SMILES string of the molecule is COc1cc([N+](=O)[O-])ccc1S(=O)(=O)N1CCCCC1C(=O)O. The molecule has 9 nitrogen and oxygen atoms in total. The highest BCUT2D eigenvalue weighted by Gasteiger charge is 2.39.